The molecule has 1 aliphatic heterocycles. The molecule has 4 amide bonds. The zero-order valence-corrected chi connectivity index (χ0v) is 48.0. The summed E-state index contributed by atoms with van der Waals surface area (Å²) in [4.78, 5) is 98.3. The first-order valence-corrected chi connectivity index (χ1v) is 27.1. The van der Waals surface area contributed by atoms with Gasteiger partial charge in [-0.05, 0) is 118 Å². The number of hydrogen-bond donors (Lipinski definition) is 3. The SMILES string of the molecule is CCCOc1ccc2cc1-c1cc(ccc1OCCNC(=O)OC(C)(C)C)C[C@@H](C(=O)OC)NC(=O)[C@H](C)CC(=O)[C@H]2N(C)C(=O)[C@H](CCCCNC(=O)OC(C)(C)C)CC(=O)c1ccc(-c2ccc(C(C)(C)C)cc2)cc1. The summed E-state index contributed by atoms with van der Waals surface area (Å²) in [6.07, 6.45) is 0.170. The third kappa shape index (κ3) is 18.2. The van der Waals surface area contributed by atoms with E-state index in [1.807, 2.05) is 25.1 Å². The number of nitrogens with one attached hydrogen (secondary N) is 3. The average molecular weight is 1080 g/mol. The van der Waals surface area contributed by atoms with E-state index in [0.717, 1.165) is 11.1 Å². The number of fused-ring (bicyclic) bond motifs is 5. The first kappa shape index (κ1) is 61.6. The van der Waals surface area contributed by atoms with Crippen LogP contribution in [0.25, 0.3) is 22.3 Å². The van der Waals surface area contributed by atoms with Gasteiger partial charge in [-0.1, -0.05) is 102 Å². The number of likely N-dealkylation sites (N-methyl/N-ethyl adjacent to an activating group) is 1. The number of carbonyl (C=O) groups is 7. The Morgan fingerprint density at radius 3 is 1.85 bits per heavy atom. The molecule has 4 atom stereocenters. The quantitative estimate of drug-likeness (QED) is 0.0347. The first-order valence-electron chi connectivity index (χ1n) is 27.1. The Hall–Kier alpha value is -7.23. The summed E-state index contributed by atoms with van der Waals surface area (Å²) in [6.45, 7) is 21.4. The summed E-state index contributed by atoms with van der Waals surface area (Å²) in [5.74, 6) is -3.49. The fourth-order valence-electron chi connectivity index (χ4n) is 9.05. The van der Waals surface area contributed by atoms with Crippen LogP contribution in [0.15, 0.2) is 84.9 Å². The molecule has 0 radical (unpaired) electrons. The number of nitrogens with zero attached hydrogens (tertiary/aromatic N) is 1. The number of unbranched alkanes of at least 4 members (excludes halogenated alkanes) is 1. The van der Waals surface area contributed by atoms with Crippen molar-refractivity contribution in [2.75, 3.05) is 40.5 Å². The Morgan fingerprint density at radius 1 is 0.705 bits per heavy atom. The van der Waals surface area contributed by atoms with E-state index < -0.39 is 70.9 Å². The van der Waals surface area contributed by atoms with Crippen LogP contribution in [0.5, 0.6) is 11.5 Å². The van der Waals surface area contributed by atoms with E-state index in [4.69, 9.17) is 23.7 Å². The number of ether oxygens (including phenoxy) is 5. The largest absolute Gasteiger partial charge is 0.493 e. The minimum Gasteiger partial charge on any atom is -0.493 e. The summed E-state index contributed by atoms with van der Waals surface area (Å²) in [5, 5.41) is 8.27. The summed E-state index contributed by atoms with van der Waals surface area (Å²) >= 11 is 0. The van der Waals surface area contributed by atoms with Gasteiger partial charge in [-0.3, -0.25) is 19.2 Å². The number of ketones is 2. The second kappa shape index (κ2) is 27.4. The molecule has 3 N–H and O–H groups in total. The molecule has 1 heterocycles. The molecule has 16 heteroatoms. The van der Waals surface area contributed by atoms with Crippen molar-refractivity contribution in [1.29, 1.82) is 0 Å². The number of benzene rings is 4. The number of esters is 1. The average Bonchev–Trinajstić information content (AvgIpc) is 3.39. The molecule has 5 rings (SSSR count). The Morgan fingerprint density at radius 2 is 1.27 bits per heavy atom. The third-order valence-electron chi connectivity index (χ3n) is 13.1. The van der Waals surface area contributed by atoms with Gasteiger partial charge in [0, 0.05) is 61.4 Å². The van der Waals surface area contributed by atoms with Gasteiger partial charge >= 0.3 is 18.2 Å². The van der Waals surface area contributed by atoms with Gasteiger partial charge in [-0.25, -0.2) is 14.4 Å². The van der Waals surface area contributed by atoms with Gasteiger partial charge in [-0.2, -0.15) is 0 Å². The van der Waals surface area contributed by atoms with E-state index in [1.54, 1.807) is 90.9 Å². The van der Waals surface area contributed by atoms with E-state index in [2.05, 4.69) is 61.0 Å². The van der Waals surface area contributed by atoms with Crippen LogP contribution < -0.4 is 25.4 Å². The minimum absolute atomic E-state index is 0.00887. The molecule has 0 saturated heterocycles. The van der Waals surface area contributed by atoms with Crippen molar-refractivity contribution in [3.05, 3.63) is 107 Å². The fourth-order valence-corrected chi connectivity index (χ4v) is 9.05. The van der Waals surface area contributed by atoms with Crippen LogP contribution >= 0.6 is 0 Å². The van der Waals surface area contributed by atoms with Crippen molar-refractivity contribution in [1.82, 2.24) is 20.9 Å². The van der Waals surface area contributed by atoms with Crippen molar-refractivity contribution in [3.8, 4) is 33.8 Å². The zero-order valence-electron chi connectivity index (χ0n) is 48.0. The molecule has 16 nitrogen and oxygen atoms in total. The van der Waals surface area contributed by atoms with E-state index >= 15 is 9.59 Å². The Bertz CT molecular complexity index is 2730. The molecule has 4 aromatic rings. The molecule has 0 fully saturated rings. The van der Waals surface area contributed by atoms with Crippen LogP contribution in [0.2, 0.25) is 0 Å². The van der Waals surface area contributed by atoms with Crippen LogP contribution in [0, 0.1) is 11.8 Å². The Balaban J connectivity index is 1.56. The summed E-state index contributed by atoms with van der Waals surface area (Å²) in [5.41, 5.74) is 4.21. The highest BCUT2D eigenvalue weighted by Gasteiger charge is 2.36. The molecule has 422 valence electrons. The lowest BCUT2D eigenvalue weighted by molar-refractivity contribution is -0.146. The number of methoxy groups -OCH3 is 1. The van der Waals surface area contributed by atoms with Crippen molar-refractivity contribution in [2.24, 2.45) is 11.8 Å². The third-order valence-corrected chi connectivity index (χ3v) is 13.1. The molecular weight excluding hydrogens is 993 g/mol. The van der Waals surface area contributed by atoms with Gasteiger partial charge in [-0.15, -0.1) is 0 Å². The molecule has 0 unspecified atom stereocenters. The predicted octanol–water partition coefficient (Wildman–Crippen LogP) is 10.9. The topological polar surface area (TPSA) is 205 Å². The maximum atomic E-state index is 15.3. The lowest BCUT2D eigenvalue weighted by atomic mass is 9.86. The highest BCUT2D eigenvalue weighted by molar-refractivity contribution is 6.00. The number of Topliss-reactive ketones (excluding diaryl/α,β-unsaturated/α-hetero) is 2. The van der Waals surface area contributed by atoms with Crippen molar-refractivity contribution in [2.45, 2.75) is 150 Å². The first-order chi connectivity index (χ1) is 36.7. The molecule has 4 bridgehead atoms. The standard InChI is InChI=1S/C62H82N4O12/c1-14-32-75-53-29-25-44-37-48(53)47-35-40(18-28-52(47)76-33-31-64-59(73)78-62(9,10)11)36-49(57(71)74-13)65-55(69)39(2)34-51(68)54(44)66(12)56(70)45(17-15-16-30-63-58(72)77-61(6,7)8)38-50(67)43-21-19-41(20-22-43)42-23-26-46(27-24-42)60(3,4)5/h18-29,35,37,39,45,49,54H,14-17,30-34,36,38H2,1-13H3,(H,63,72)(H,64,73)(H,65,69)/t39-,45-,49+,54+/m1/s1. The fraction of sp³-hybridized carbons (Fsp3) is 0.500. The molecule has 78 heavy (non-hydrogen) atoms. The molecule has 0 aromatic heterocycles. The molecule has 1 aliphatic rings. The molecule has 0 saturated carbocycles. The molecule has 0 spiro atoms. The molecule has 0 aliphatic carbocycles. The van der Waals surface area contributed by atoms with Gasteiger partial charge in [0.15, 0.2) is 11.6 Å². The van der Waals surface area contributed by atoms with Gasteiger partial charge in [0.25, 0.3) is 0 Å². The van der Waals surface area contributed by atoms with Gasteiger partial charge < -0.3 is 44.5 Å². The monoisotopic (exact) mass is 1070 g/mol. The van der Waals surface area contributed by atoms with Crippen LogP contribution in [0.4, 0.5) is 9.59 Å². The van der Waals surface area contributed by atoms with Crippen LogP contribution in [-0.2, 0) is 45.2 Å². The van der Waals surface area contributed by atoms with Gasteiger partial charge in [0.2, 0.25) is 11.8 Å². The van der Waals surface area contributed by atoms with Gasteiger partial charge in [0.1, 0.15) is 41.4 Å². The van der Waals surface area contributed by atoms with E-state index in [9.17, 15) is 24.0 Å². The normalized spacial score (nSPS) is 16.3. The Labute approximate surface area is 461 Å². The number of rotatable bonds is 19. The zero-order chi connectivity index (χ0) is 57.5. The van der Waals surface area contributed by atoms with Gasteiger partial charge in [0.05, 0.1) is 20.3 Å². The van der Waals surface area contributed by atoms with Crippen molar-refractivity contribution >= 4 is 41.5 Å². The van der Waals surface area contributed by atoms with Crippen molar-refractivity contribution < 1.29 is 57.2 Å². The molecule has 4 aromatic carbocycles. The predicted molar refractivity (Wildman–Crippen MR) is 300 cm³/mol. The lowest BCUT2D eigenvalue weighted by Gasteiger charge is -2.32. The number of amides is 4. The maximum Gasteiger partial charge on any atom is 0.407 e. The van der Waals surface area contributed by atoms with Crippen LogP contribution in [-0.4, -0.2) is 104 Å². The van der Waals surface area contributed by atoms with Crippen LogP contribution in [0.3, 0.4) is 0 Å². The highest BCUT2D eigenvalue weighted by atomic mass is 16.6. The molecular formula is C62H82N4O12. The van der Waals surface area contributed by atoms with E-state index in [-0.39, 0.29) is 56.6 Å². The van der Waals surface area contributed by atoms with E-state index in [0.29, 0.717) is 65.2 Å². The summed E-state index contributed by atoms with van der Waals surface area (Å²) in [6, 6.07) is 23.8. The summed E-state index contributed by atoms with van der Waals surface area (Å²) in [7, 11) is 2.76. The smallest absolute Gasteiger partial charge is 0.407 e. The second-order valence-electron chi connectivity index (χ2n) is 23.1. The number of carbonyl (C=O) groups excluding carboxylic acids is 7. The second-order valence-corrected chi connectivity index (χ2v) is 23.1. The maximum absolute atomic E-state index is 15.3. The Kier molecular flexibility index (Phi) is 21.6. The lowest BCUT2D eigenvalue weighted by Crippen LogP contribution is -2.46. The highest BCUT2D eigenvalue weighted by Crippen LogP contribution is 2.41. The summed E-state index contributed by atoms with van der Waals surface area (Å²) < 4.78 is 28.6. The van der Waals surface area contributed by atoms with Crippen molar-refractivity contribution in [3.63, 3.8) is 0 Å². The minimum atomic E-state index is -1.27. The van der Waals surface area contributed by atoms with E-state index in [1.165, 1.54) is 24.6 Å². The number of alkyl carbamates (subject to hydrolysis) is 2. The number of hydrogen-bond acceptors (Lipinski definition) is 12. The van der Waals surface area contributed by atoms with Crippen LogP contribution in [0.1, 0.15) is 148 Å².